The predicted molar refractivity (Wildman–Crippen MR) is 92.1 cm³/mol. The molecule has 1 aromatic carbocycles. The summed E-state index contributed by atoms with van der Waals surface area (Å²) in [5, 5.41) is 6.09. The van der Waals surface area contributed by atoms with Gasteiger partial charge in [-0.15, -0.1) is 0 Å². The first-order chi connectivity index (χ1) is 11.5. The molecule has 0 unspecified atom stereocenters. The van der Waals surface area contributed by atoms with Crippen LogP contribution in [0.1, 0.15) is 23.0 Å². The maximum atomic E-state index is 12.2. The number of aromatic nitrogens is 2. The van der Waals surface area contributed by atoms with Gasteiger partial charge in [0.1, 0.15) is 5.65 Å². The number of imidazole rings is 1. The third-order valence-corrected chi connectivity index (χ3v) is 3.59. The Morgan fingerprint density at radius 3 is 2.58 bits per heavy atom. The van der Waals surface area contributed by atoms with Gasteiger partial charge in [-0.1, -0.05) is 11.6 Å². The van der Waals surface area contributed by atoms with Crippen molar-refractivity contribution < 1.29 is 9.59 Å². The molecule has 0 saturated carbocycles. The highest BCUT2D eigenvalue weighted by Crippen LogP contribution is 2.12. The zero-order chi connectivity index (χ0) is 17.1. The van der Waals surface area contributed by atoms with Crippen molar-refractivity contribution in [2.45, 2.75) is 13.5 Å². The highest BCUT2D eigenvalue weighted by Gasteiger charge is 2.08. The molecule has 0 aliphatic carbocycles. The molecular formula is C17H15ClN4O2. The van der Waals surface area contributed by atoms with Gasteiger partial charge in [0.2, 0.25) is 5.91 Å². The molecule has 0 radical (unpaired) electrons. The standard InChI is InChI=1S/C17H15ClN4O2/c1-11(23)20-14-5-2-12(3-6-14)17(24)19-8-15-10-22-9-13(18)4-7-16(22)21-15/h2-7,9-10H,8H2,1H3,(H,19,24)(H,20,23). The van der Waals surface area contributed by atoms with E-state index in [0.717, 1.165) is 11.3 Å². The van der Waals surface area contributed by atoms with Gasteiger partial charge in [-0.3, -0.25) is 9.59 Å². The van der Waals surface area contributed by atoms with Crippen LogP contribution in [0.3, 0.4) is 0 Å². The van der Waals surface area contributed by atoms with Gasteiger partial charge in [-0.05, 0) is 36.4 Å². The summed E-state index contributed by atoms with van der Waals surface area (Å²) in [7, 11) is 0. The number of pyridine rings is 1. The Kier molecular flexibility index (Phi) is 4.48. The number of fused-ring (bicyclic) bond motifs is 1. The Labute approximate surface area is 143 Å². The lowest BCUT2D eigenvalue weighted by molar-refractivity contribution is -0.114. The fourth-order valence-electron chi connectivity index (χ4n) is 2.28. The Hall–Kier alpha value is -2.86. The van der Waals surface area contributed by atoms with Crippen molar-refractivity contribution in [3.8, 4) is 0 Å². The number of hydrogen-bond donors (Lipinski definition) is 2. The van der Waals surface area contributed by atoms with E-state index < -0.39 is 0 Å². The van der Waals surface area contributed by atoms with Crippen molar-refractivity contribution in [2.75, 3.05) is 5.32 Å². The van der Waals surface area contributed by atoms with E-state index in [0.29, 0.717) is 22.8 Å². The van der Waals surface area contributed by atoms with E-state index in [1.807, 2.05) is 16.7 Å². The lowest BCUT2D eigenvalue weighted by Gasteiger charge is -2.05. The van der Waals surface area contributed by atoms with Gasteiger partial charge in [0, 0.05) is 30.6 Å². The number of rotatable bonds is 4. The third-order valence-electron chi connectivity index (χ3n) is 3.36. The van der Waals surface area contributed by atoms with Gasteiger partial charge in [0.15, 0.2) is 0 Å². The van der Waals surface area contributed by atoms with Crippen molar-refractivity contribution in [2.24, 2.45) is 0 Å². The van der Waals surface area contributed by atoms with Crippen LogP contribution in [-0.4, -0.2) is 21.2 Å². The maximum absolute atomic E-state index is 12.2. The second-order valence-corrected chi connectivity index (χ2v) is 5.72. The van der Waals surface area contributed by atoms with Gasteiger partial charge in [-0.2, -0.15) is 0 Å². The normalized spacial score (nSPS) is 10.6. The van der Waals surface area contributed by atoms with Crippen LogP contribution in [0, 0.1) is 0 Å². The molecule has 3 rings (SSSR count). The maximum Gasteiger partial charge on any atom is 0.251 e. The summed E-state index contributed by atoms with van der Waals surface area (Å²) in [5.41, 5.74) is 2.66. The number of halogens is 1. The fourth-order valence-corrected chi connectivity index (χ4v) is 2.45. The summed E-state index contributed by atoms with van der Waals surface area (Å²) in [4.78, 5) is 27.6. The molecule has 122 valence electrons. The molecule has 2 amide bonds. The van der Waals surface area contributed by atoms with Gasteiger partial charge >= 0.3 is 0 Å². The van der Waals surface area contributed by atoms with Gasteiger partial charge in [0.05, 0.1) is 17.3 Å². The average Bonchev–Trinajstić information content (AvgIpc) is 2.94. The summed E-state index contributed by atoms with van der Waals surface area (Å²) in [5.74, 6) is -0.362. The summed E-state index contributed by atoms with van der Waals surface area (Å²) < 4.78 is 1.81. The van der Waals surface area contributed by atoms with E-state index in [1.165, 1.54) is 6.92 Å². The summed E-state index contributed by atoms with van der Waals surface area (Å²) in [6.45, 7) is 1.74. The van der Waals surface area contributed by atoms with Gasteiger partial charge < -0.3 is 15.0 Å². The highest BCUT2D eigenvalue weighted by atomic mass is 35.5. The van der Waals surface area contributed by atoms with Crippen molar-refractivity contribution in [1.82, 2.24) is 14.7 Å². The molecule has 6 nitrogen and oxygen atoms in total. The molecule has 2 N–H and O–H groups in total. The quantitative estimate of drug-likeness (QED) is 0.765. The first kappa shape index (κ1) is 16.0. The minimum absolute atomic E-state index is 0.154. The molecule has 0 aliphatic heterocycles. The predicted octanol–water partition coefficient (Wildman–Crippen LogP) is 2.88. The second kappa shape index (κ2) is 6.72. The number of benzene rings is 1. The third kappa shape index (κ3) is 3.72. The van der Waals surface area contributed by atoms with E-state index >= 15 is 0 Å². The highest BCUT2D eigenvalue weighted by molar-refractivity contribution is 6.30. The topological polar surface area (TPSA) is 75.5 Å². The Balaban J connectivity index is 1.64. The molecule has 0 atom stereocenters. The lowest BCUT2D eigenvalue weighted by Crippen LogP contribution is -2.22. The minimum atomic E-state index is -0.209. The van der Waals surface area contributed by atoms with Crippen molar-refractivity contribution in [1.29, 1.82) is 0 Å². The molecule has 7 heteroatoms. The van der Waals surface area contributed by atoms with Crippen LogP contribution in [0.25, 0.3) is 5.65 Å². The first-order valence-electron chi connectivity index (χ1n) is 7.30. The molecule has 0 aliphatic rings. The van der Waals surface area contributed by atoms with E-state index in [4.69, 9.17) is 11.6 Å². The van der Waals surface area contributed by atoms with E-state index in [1.54, 1.807) is 36.5 Å². The molecule has 2 aromatic heterocycles. The number of amides is 2. The van der Waals surface area contributed by atoms with Crippen LogP contribution < -0.4 is 10.6 Å². The molecule has 2 heterocycles. The van der Waals surface area contributed by atoms with Crippen molar-refractivity contribution in [3.05, 3.63) is 65.1 Å². The van der Waals surface area contributed by atoms with E-state index in [-0.39, 0.29) is 11.8 Å². The lowest BCUT2D eigenvalue weighted by atomic mass is 10.2. The zero-order valence-corrected chi connectivity index (χ0v) is 13.7. The van der Waals surface area contributed by atoms with Crippen molar-refractivity contribution in [3.63, 3.8) is 0 Å². The Morgan fingerprint density at radius 2 is 1.88 bits per heavy atom. The zero-order valence-electron chi connectivity index (χ0n) is 12.9. The Morgan fingerprint density at radius 1 is 1.12 bits per heavy atom. The number of carbonyl (C=O) groups excluding carboxylic acids is 2. The molecule has 3 aromatic rings. The summed E-state index contributed by atoms with van der Waals surface area (Å²) in [6.07, 6.45) is 3.58. The molecule has 0 spiro atoms. The number of nitrogens with one attached hydrogen (secondary N) is 2. The summed E-state index contributed by atoms with van der Waals surface area (Å²) >= 11 is 5.94. The first-order valence-corrected chi connectivity index (χ1v) is 7.68. The molecule has 0 fully saturated rings. The second-order valence-electron chi connectivity index (χ2n) is 5.29. The number of carbonyl (C=O) groups is 2. The minimum Gasteiger partial charge on any atom is -0.346 e. The largest absolute Gasteiger partial charge is 0.346 e. The monoisotopic (exact) mass is 342 g/mol. The van der Waals surface area contributed by atoms with Crippen LogP contribution in [-0.2, 0) is 11.3 Å². The fraction of sp³-hybridized carbons (Fsp3) is 0.118. The molecular weight excluding hydrogens is 328 g/mol. The average molecular weight is 343 g/mol. The van der Waals surface area contributed by atoms with Crippen LogP contribution >= 0.6 is 11.6 Å². The number of anilines is 1. The smallest absolute Gasteiger partial charge is 0.251 e. The van der Waals surface area contributed by atoms with Crippen LogP contribution in [0.15, 0.2) is 48.8 Å². The van der Waals surface area contributed by atoms with Gasteiger partial charge in [0.25, 0.3) is 5.91 Å². The van der Waals surface area contributed by atoms with Crippen LogP contribution in [0.5, 0.6) is 0 Å². The molecule has 0 saturated heterocycles. The number of hydrogen-bond acceptors (Lipinski definition) is 3. The molecule has 24 heavy (non-hydrogen) atoms. The van der Waals surface area contributed by atoms with Crippen LogP contribution in [0.4, 0.5) is 5.69 Å². The number of nitrogens with zero attached hydrogens (tertiary/aromatic N) is 2. The Bertz CT molecular complexity index is 903. The van der Waals surface area contributed by atoms with E-state index in [2.05, 4.69) is 15.6 Å². The van der Waals surface area contributed by atoms with Crippen molar-refractivity contribution >= 4 is 34.7 Å². The SMILES string of the molecule is CC(=O)Nc1ccc(C(=O)NCc2cn3cc(Cl)ccc3n2)cc1. The van der Waals surface area contributed by atoms with Gasteiger partial charge in [-0.25, -0.2) is 4.98 Å². The molecule has 0 bridgehead atoms. The summed E-state index contributed by atoms with van der Waals surface area (Å²) in [6, 6.07) is 10.3. The van der Waals surface area contributed by atoms with E-state index in [9.17, 15) is 9.59 Å². The van der Waals surface area contributed by atoms with Crippen LogP contribution in [0.2, 0.25) is 5.02 Å².